The minimum atomic E-state index is -0.541. The van der Waals surface area contributed by atoms with E-state index < -0.39 is 4.92 Å². The maximum absolute atomic E-state index is 11.7. The van der Waals surface area contributed by atoms with Crippen molar-refractivity contribution in [2.75, 3.05) is 10.6 Å². The van der Waals surface area contributed by atoms with E-state index in [1.807, 2.05) is 37.3 Å². The van der Waals surface area contributed by atoms with Crippen LogP contribution in [0.4, 0.5) is 23.0 Å². The van der Waals surface area contributed by atoms with Gasteiger partial charge in [-0.1, -0.05) is 59.6 Å². The Hall–Kier alpha value is -2.90. The van der Waals surface area contributed by atoms with E-state index in [2.05, 4.69) is 20.6 Å². The van der Waals surface area contributed by atoms with Gasteiger partial charge in [-0.2, -0.15) is 0 Å². The standard InChI is InChI=1S/C18H15Cl2N5O2/c1-11(12-6-3-2-4-7-12)23-17-16(25(26)27)18(22-10-21-17)24-14-9-5-8-13(19)15(14)20/h2-11H,1H3,(H2,21,22,23,24). The minimum Gasteiger partial charge on any atom is -0.358 e. The fraction of sp³-hybridized carbons (Fsp3) is 0.111. The summed E-state index contributed by atoms with van der Waals surface area (Å²) in [5.74, 6) is 0.119. The van der Waals surface area contributed by atoms with Gasteiger partial charge in [0.2, 0.25) is 11.6 Å². The van der Waals surface area contributed by atoms with Gasteiger partial charge >= 0.3 is 5.69 Å². The van der Waals surface area contributed by atoms with Gasteiger partial charge < -0.3 is 10.6 Å². The first-order valence-electron chi connectivity index (χ1n) is 7.99. The molecule has 1 unspecified atom stereocenters. The molecule has 2 N–H and O–H groups in total. The summed E-state index contributed by atoms with van der Waals surface area (Å²) in [5, 5.41) is 18.2. The summed E-state index contributed by atoms with van der Waals surface area (Å²) in [6.07, 6.45) is 1.24. The molecule has 27 heavy (non-hydrogen) atoms. The average Bonchev–Trinajstić information content (AvgIpc) is 2.66. The molecule has 1 aromatic heterocycles. The summed E-state index contributed by atoms with van der Waals surface area (Å²) >= 11 is 12.2. The fourth-order valence-corrected chi connectivity index (χ4v) is 2.85. The largest absolute Gasteiger partial charge is 0.358 e. The van der Waals surface area contributed by atoms with Crippen LogP contribution in [0, 0.1) is 10.1 Å². The molecule has 0 amide bonds. The zero-order chi connectivity index (χ0) is 19.4. The summed E-state index contributed by atoms with van der Waals surface area (Å²) in [6, 6.07) is 14.3. The summed E-state index contributed by atoms with van der Waals surface area (Å²) in [5.41, 5.74) is 1.10. The quantitative estimate of drug-likeness (QED) is 0.410. The van der Waals surface area contributed by atoms with Crippen molar-refractivity contribution in [2.24, 2.45) is 0 Å². The van der Waals surface area contributed by atoms with Crippen LogP contribution in [0.2, 0.25) is 10.0 Å². The number of hydrogen-bond donors (Lipinski definition) is 2. The number of aromatic nitrogens is 2. The first-order chi connectivity index (χ1) is 13.0. The van der Waals surface area contributed by atoms with E-state index in [-0.39, 0.29) is 28.4 Å². The Balaban J connectivity index is 1.95. The number of halogens is 2. The monoisotopic (exact) mass is 403 g/mol. The molecule has 2 aromatic carbocycles. The number of rotatable bonds is 6. The van der Waals surface area contributed by atoms with E-state index in [9.17, 15) is 10.1 Å². The number of nitrogens with one attached hydrogen (secondary N) is 2. The van der Waals surface area contributed by atoms with Crippen LogP contribution in [0.3, 0.4) is 0 Å². The summed E-state index contributed by atoms with van der Waals surface area (Å²) in [6.45, 7) is 1.89. The maximum atomic E-state index is 11.7. The van der Waals surface area contributed by atoms with E-state index in [0.29, 0.717) is 10.7 Å². The van der Waals surface area contributed by atoms with Gasteiger partial charge in [0.15, 0.2) is 0 Å². The lowest BCUT2D eigenvalue weighted by molar-refractivity contribution is -0.383. The predicted molar refractivity (Wildman–Crippen MR) is 107 cm³/mol. The molecule has 1 atom stereocenters. The van der Waals surface area contributed by atoms with Gasteiger partial charge in [0.05, 0.1) is 26.7 Å². The topological polar surface area (TPSA) is 93.0 Å². The Morgan fingerprint density at radius 1 is 1.04 bits per heavy atom. The molecule has 9 heteroatoms. The van der Waals surface area contributed by atoms with E-state index in [0.717, 1.165) is 5.56 Å². The smallest absolute Gasteiger partial charge is 0.353 e. The third kappa shape index (κ3) is 4.27. The molecule has 0 bridgehead atoms. The van der Waals surface area contributed by atoms with E-state index in [1.165, 1.54) is 6.33 Å². The van der Waals surface area contributed by atoms with E-state index in [4.69, 9.17) is 23.2 Å². The van der Waals surface area contributed by atoms with Crippen LogP contribution in [0.5, 0.6) is 0 Å². The highest BCUT2D eigenvalue weighted by atomic mass is 35.5. The average molecular weight is 404 g/mol. The van der Waals surface area contributed by atoms with Crippen molar-refractivity contribution in [1.29, 1.82) is 0 Å². The van der Waals surface area contributed by atoms with Gasteiger partial charge in [-0.3, -0.25) is 10.1 Å². The zero-order valence-corrected chi connectivity index (χ0v) is 15.7. The lowest BCUT2D eigenvalue weighted by Gasteiger charge is -2.16. The van der Waals surface area contributed by atoms with Crippen molar-refractivity contribution >= 4 is 46.2 Å². The normalized spacial score (nSPS) is 11.7. The molecule has 3 rings (SSSR count). The molecule has 0 saturated heterocycles. The number of benzene rings is 2. The van der Waals surface area contributed by atoms with Crippen LogP contribution in [-0.4, -0.2) is 14.9 Å². The second-order valence-electron chi connectivity index (χ2n) is 5.68. The Kier molecular flexibility index (Phi) is 5.73. The van der Waals surface area contributed by atoms with Gasteiger partial charge in [0.25, 0.3) is 0 Å². The van der Waals surface area contributed by atoms with Crippen LogP contribution in [0.1, 0.15) is 18.5 Å². The minimum absolute atomic E-state index is 0.0157. The molecule has 1 heterocycles. The van der Waals surface area contributed by atoms with Crippen molar-refractivity contribution in [1.82, 2.24) is 9.97 Å². The highest BCUT2D eigenvalue weighted by molar-refractivity contribution is 6.43. The predicted octanol–water partition coefficient (Wildman–Crippen LogP) is 5.61. The van der Waals surface area contributed by atoms with Gasteiger partial charge in [0, 0.05) is 0 Å². The fourth-order valence-electron chi connectivity index (χ4n) is 2.51. The van der Waals surface area contributed by atoms with Gasteiger partial charge in [-0.05, 0) is 24.6 Å². The SMILES string of the molecule is CC(Nc1ncnc(Nc2cccc(Cl)c2Cl)c1[N+](=O)[O-])c1ccccc1. The van der Waals surface area contributed by atoms with Crippen molar-refractivity contribution in [3.8, 4) is 0 Å². The third-order valence-electron chi connectivity index (χ3n) is 3.86. The number of anilines is 3. The zero-order valence-electron chi connectivity index (χ0n) is 14.2. The Morgan fingerprint density at radius 2 is 1.74 bits per heavy atom. The Morgan fingerprint density at radius 3 is 2.44 bits per heavy atom. The van der Waals surface area contributed by atoms with Crippen molar-refractivity contribution in [3.05, 3.63) is 80.6 Å². The van der Waals surface area contributed by atoms with E-state index in [1.54, 1.807) is 18.2 Å². The van der Waals surface area contributed by atoms with Crippen LogP contribution < -0.4 is 10.6 Å². The first-order valence-corrected chi connectivity index (χ1v) is 8.75. The van der Waals surface area contributed by atoms with Gasteiger partial charge in [-0.15, -0.1) is 0 Å². The van der Waals surface area contributed by atoms with E-state index >= 15 is 0 Å². The van der Waals surface area contributed by atoms with Crippen LogP contribution in [-0.2, 0) is 0 Å². The summed E-state index contributed by atoms with van der Waals surface area (Å²) in [7, 11) is 0. The molecule has 0 aliphatic heterocycles. The third-order valence-corrected chi connectivity index (χ3v) is 4.68. The number of nitro groups is 1. The number of hydrogen-bond acceptors (Lipinski definition) is 6. The molecular weight excluding hydrogens is 389 g/mol. The summed E-state index contributed by atoms with van der Waals surface area (Å²) in [4.78, 5) is 19.2. The molecule has 0 radical (unpaired) electrons. The Labute approximate surface area is 165 Å². The Bertz CT molecular complexity index is 969. The molecule has 0 fully saturated rings. The van der Waals surface area contributed by atoms with Gasteiger partial charge in [-0.25, -0.2) is 9.97 Å². The molecule has 0 aliphatic rings. The highest BCUT2D eigenvalue weighted by Crippen LogP contribution is 2.36. The van der Waals surface area contributed by atoms with Crippen LogP contribution >= 0.6 is 23.2 Å². The number of nitrogens with zero attached hydrogens (tertiary/aromatic N) is 3. The highest BCUT2D eigenvalue weighted by Gasteiger charge is 2.25. The molecule has 138 valence electrons. The molecular formula is C18H15Cl2N5O2. The van der Waals surface area contributed by atoms with Crippen molar-refractivity contribution in [2.45, 2.75) is 13.0 Å². The molecule has 0 aliphatic carbocycles. The maximum Gasteiger partial charge on any atom is 0.353 e. The van der Waals surface area contributed by atoms with Crippen molar-refractivity contribution in [3.63, 3.8) is 0 Å². The summed E-state index contributed by atoms with van der Waals surface area (Å²) < 4.78 is 0. The van der Waals surface area contributed by atoms with Gasteiger partial charge in [0.1, 0.15) is 6.33 Å². The lowest BCUT2D eigenvalue weighted by atomic mass is 10.1. The molecule has 0 saturated carbocycles. The second-order valence-corrected chi connectivity index (χ2v) is 6.46. The molecule has 3 aromatic rings. The van der Waals surface area contributed by atoms with Crippen LogP contribution in [0.25, 0.3) is 0 Å². The molecule has 7 nitrogen and oxygen atoms in total. The molecule has 0 spiro atoms. The first kappa shape index (κ1) is 18.9. The lowest BCUT2D eigenvalue weighted by Crippen LogP contribution is -2.11. The van der Waals surface area contributed by atoms with Crippen LogP contribution in [0.15, 0.2) is 54.9 Å². The van der Waals surface area contributed by atoms with Crippen molar-refractivity contribution < 1.29 is 4.92 Å². The second kappa shape index (κ2) is 8.20.